The number of rotatable bonds is 8. The molecule has 4 aromatic rings. The second kappa shape index (κ2) is 11.1. The van der Waals surface area contributed by atoms with Gasteiger partial charge in [0.2, 0.25) is 0 Å². The molecule has 7 nitrogen and oxygen atoms in total. The number of aliphatic carboxylic acids is 1. The third-order valence-corrected chi connectivity index (χ3v) is 6.80. The lowest BCUT2D eigenvalue weighted by Crippen LogP contribution is -2.44. The molecule has 0 bridgehead atoms. The van der Waals surface area contributed by atoms with Gasteiger partial charge >= 0.3 is 5.97 Å². The van der Waals surface area contributed by atoms with Crippen molar-refractivity contribution in [2.24, 2.45) is 0 Å². The molecule has 0 aliphatic heterocycles. The zero-order chi connectivity index (χ0) is 26.7. The SMILES string of the molecule is COc1cccc(OC)c1-c1ccc2cc(C(C)C(NC(=O)c3c(Cl)cccc3Cl)C(=O)O)ccc2n1. The number of fused-ring (bicyclic) bond motifs is 1. The fraction of sp³-hybridized carbons (Fsp3) is 0.179. The highest BCUT2D eigenvalue weighted by Gasteiger charge is 2.29. The number of methoxy groups -OCH3 is 2. The van der Waals surface area contributed by atoms with Crippen LogP contribution in [-0.2, 0) is 4.79 Å². The Bertz CT molecular complexity index is 1450. The zero-order valence-corrected chi connectivity index (χ0v) is 21.8. The Labute approximate surface area is 224 Å². The molecule has 190 valence electrons. The quantitative estimate of drug-likeness (QED) is 0.276. The first-order valence-electron chi connectivity index (χ1n) is 11.3. The van der Waals surface area contributed by atoms with Crippen molar-refractivity contribution in [3.63, 3.8) is 0 Å². The number of nitrogens with one attached hydrogen (secondary N) is 1. The van der Waals surface area contributed by atoms with Crippen molar-refractivity contribution in [3.05, 3.63) is 87.9 Å². The first kappa shape index (κ1) is 26.3. The van der Waals surface area contributed by atoms with Crippen LogP contribution in [0.4, 0.5) is 0 Å². The van der Waals surface area contributed by atoms with E-state index >= 15 is 0 Å². The standard InChI is InChI=1S/C28H24Cl2N2O5/c1-15(26(28(34)35)32-27(33)24-18(29)6-4-7-19(24)30)16-10-12-20-17(14-16)11-13-21(31-20)25-22(36-2)8-5-9-23(25)37-3/h4-15,26H,1-3H3,(H,32,33)(H,34,35). The predicted octanol–water partition coefficient (Wildman–Crippen LogP) is 6.21. The van der Waals surface area contributed by atoms with Crippen molar-refractivity contribution in [3.8, 4) is 22.8 Å². The van der Waals surface area contributed by atoms with Crippen LogP contribution in [0.25, 0.3) is 22.2 Å². The van der Waals surface area contributed by atoms with Crippen LogP contribution < -0.4 is 14.8 Å². The van der Waals surface area contributed by atoms with E-state index in [-0.39, 0.29) is 15.6 Å². The van der Waals surface area contributed by atoms with Gasteiger partial charge in [-0.05, 0) is 48.0 Å². The molecule has 0 fully saturated rings. The first-order valence-corrected chi connectivity index (χ1v) is 12.1. The molecule has 1 amide bonds. The Hall–Kier alpha value is -3.81. The smallest absolute Gasteiger partial charge is 0.326 e. The highest BCUT2D eigenvalue weighted by Crippen LogP contribution is 2.38. The van der Waals surface area contributed by atoms with Crippen molar-refractivity contribution in [2.45, 2.75) is 18.9 Å². The van der Waals surface area contributed by atoms with Crippen molar-refractivity contribution in [1.29, 1.82) is 0 Å². The fourth-order valence-electron chi connectivity index (χ4n) is 4.19. The Morgan fingerprint density at radius 1 is 0.919 bits per heavy atom. The van der Waals surface area contributed by atoms with Gasteiger partial charge in [0.15, 0.2) is 0 Å². The summed E-state index contributed by atoms with van der Waals surface area (Å²) in [5, 5.41) is 13.6. The molecule has 0 radical (unpaired) electrons. The van der Waals surface area contributed by atoms with Crippen LogP contribution in [-0.4, -0.2) is 42.2 Å². The monoisotopic (exact) mass is 538 g/mol. The van der Waals surface area contributed by atoms with Crippen LogP contribution in [0.2, 0.25) is 10.0 Å². The minimum absolute atomic E-state index is 0.0336. The van der Waals surface area contributed by atoms with Gasteiger partial charge in [0.25, 0.3) is 5.91 Å². The Balaban J connectivity index is 1.65. The van der Waals surface area contributed by atoms with Gasteiger partial charge in [-0.15, -0.1) is 0 Å². The number of aromatic nitrogens is 1. The maximum atomic E-state index is 12.9. The van der Waals surface area contributed by atoms with Crippen LogP contribution in [0.1, 0.15) is 28.8 Å². The molecule has 1 heterocycles. The molecule has 0 saturated heterocycles. The third kappa shape index (κ3) is 5.33. The van der Waals surface area contributed by atoms with Crippen molar-refractivity contribution in [2.75, 3.05) is 14.2 Å². The largest absolute Gasteiger partial charge is 0.496 e. The summed E-state index contributed by atoms with van der Waals surface area (Å²) in [6.45, 7) is 1.73. The molecule has 3 aromatic carbocycles. The Morgan fingerprint density at radius 2 is 1.54 bits per heavy atom. The van der Waals surface area contributed by atoms with Gasteiger partial charge in [-0.25, -0.2) is 9.78 Å². The number of carbonyl (C=O) groups excluding carboxylic acids is 1. The van der Waals surface area contributed by atoms with Gasteiger partial charge in [-0.2, -0.15) is 0 Å². The lowest BCUT2D eigenvalue weighted by Gasteiger charge is -2.23. The molecule has 0 aliphatic rings. The Morgan fingerprint density at radius 3 is 2.14 bits per heavy atom. The van der Waals surface area contributed by atoms with Gasteiger partial charge in [-0.1, -0.05) is 54.4 Å². The van der Waals surface area contributed by atoms with E-state index in [9.17, 15) is 14.7 Å². The highest BCUT2D eigenvalue weighted by molar-refractivity contribution is 6.39. The van der Waals surface area contributed by atoms with E-state index in [1.165, 1.54) is 12.1 Å². The topological polar surface area (TPSA) is 97.8 Å². The first-order chi connectivity index (χ1) is 17.7. The molecule has 9 heteroatoms. The summed E-state index contributed by atoms with van der Waals surface area (Å²) in [5.74, 6) is -1.14. The fourth-order valence-corrected chi connectivity index (χ4v) is 4.76. The lowest BCUT2D eigenvalue weighted by atomic mass is 9.91. The average molecular weight is 539 g/mol. The number of carbonyl (C=O) groups is 2. The normalized spacial score (nSPS) is 12.6. The van der Waals surface area contributed by atoms with E-state index in [2.05, 4.69) is 5.32 Å². The molecule has 4 rings (SSSR count). The summed E-state index contributed by atoms with van der Waals surface area (Å²) in [7, 11) is 3.18. The Kier molecular flexibility index (Phi) is 7.86. The number of amides is 1. The number of benzene rings is 3. The zero-order valence-electron chi connectivity index (χ0n) is 20.3. The van der Waals surface area contributed by atoms with Crippen LogP contribution >= 0.6 is 23.2 Å². The molecule has 0 saturated carbocycles. The van der Waals surface area contributed by atoms with E-state index < -0.39 is 23.8 Å². The molecule has 2 atom stereocenters. The minimum Gasteiger partial charge on any atom is -0.496 e. The van der Waals surface area contributed by atoms with Crippen LogP contribution in [0.3, 0.4) is 0 Å². The molecular formula is C28H24Cl2N2O5. The number of carboxylic acid groups (broad SMARTS) is 1. The number of hydrogen-bond donors (Lipinski definition) is 2. The minimum atomic E-state index is -1.22. The summed E-state index contributed by atoms with van der Waals surface area (Å²) in [6.07, 6.45) is 0. The van der Waals surface area contributed by atoms with E-state index in [1.807, 2.05) is 42.5 Å². The van der Waals surface area contributed by atoms with E-state index in [4.69, 9.17) is 37.7 Å². The van der Waals surface area contributed by atoms with E-state index in [1.54, 1.807) is 33.3 Å². The van der Waals surface area contributed by atoms with E-state index in [0.717, 1.165) is 16.5 Å². The number of halogens is 2. The van der Waals surface area contributed by atoms with Crippen LogP contribution in [0.15, 0.2) is 66.7 Å². The summed E-state index contributed by atoms with van der Waals surface area (Å²) in [4.78, 5) is 29.7. The van der Waals surface area contributed by atoms with Crippen LogP contribution in [0.5, 0.6) is 11.5 Å². The second-order valence-corrected chi connectivity index (χ2v) is 9.18. The van der Waals surface area contributed by atoms with Gasteiger partial charge < -0.3 is 19.9 Å². The van der Waals surface area contributed by atoms with Crippen molar-refractivity contribution < 1.29 is 24.2 Å². The number of ether oxygens (including phenoxy) is 2. The maximum Gasteiger partial charge on any atom is 0.326 e. The number of pyridine rings is 1. The molecule has 2 unspecified atom stereocenters. The third-order valence-electron chi connectivity index (χ3n) is 6.17. The van der Waals surface area contributed by atoms with Gasteiger partial charge in [-0.3, -0.25) is 4.79 Å². The number of hydrogen-bond acceptors (Lipinski definition) is 5. The van der Waals surface area contributed by atoms with Gasteiger partial charge in [0.1, 0.15) is 17.5 Å². The molecular weight excluding hydrogens is 515 g/mol. The second-order valence-electron chi connectivity index (χ2n) is 8.36. The maximum absolute atomic E-state index is 12.9. The predicted molar refractivity (Wildman–Crippen MR) is 144 cm³/mol. The number of nitrogens with zero attached hydrogens (tertiary/aromatic N) is 1. The summed E-state index contributed by atoms with van der Waals surface area (Å²) >= 11 is 12.3. The van der Waals surface area contributed by atoms with Crippen molar-refractivity contribution >= 4 is 46.0 Å². The molecule has 2 N–H and O–H groups in total. The highest BCUT2D eigenvalue weighted by atomic mass is 35.5. The van der Waals surface area contributed by atoms with Crippen molar-refractivity contribution in [1.82, 2.24) is 10.3 Å². The summed E-state index contributed by atoms with van der Waals surface area (Å²) in [6, 6.07) is 18.2. The van der Waals surface area contributed by atoms with Gasteiger partial charge in [0, 0.05) is 11.3 Å². The molecule has 37 heavy (non-hydrogen) atoms. The molecule has 0 spiro atoms. The summed E-state index contributed by atoms with van der Waals surface area (Å²) in [5.41, 5.74) is 2.87. The molecule has 1 aromatic heterocycles. The van der Waals surface area contributed by atoms with Crippen LogP contribution in [0, 0.1) is 0 Å². The van der Waals surface area contributed by atoms with E-state index in [0.29, 0.717) is 22.7 Å². The summed E-state index contributed by atoms with van der Waals surface area (Å²) < 4.78 is 11.0. The lowest BCUT2D eigenvalue weighted by molar-refractivity contribution is -0.139. The number of carboxylic acids is 1. The average Bonchev–Trinajstić information content (AvgIpc) is 2.89. The van der Waals surface area contributed by atoms with Gasteiger partial charge in [0.05, 0.1) is 46.6 Å². The molecule has 0 aliphatic carbocycles.